The molecule has 0 radical (unpaired) electrons. The molecule has 1 saturated heterocycles. The van der Waals surface area contributed by atoms with E-state index in [4.69, 9.17) is 0 Å². The zero-order chi connectivity index (χ0) is 16.8. The number of nitrogens with zero attached hydrogens (tertiary/aromatic N) is 2. The van der Waals surface area contributed by atoms with Crippen LogP contribution in [-0.4, -0.2) is 36.2 Å². The number of amides is 1. The maximum absolute atomic E-state index is 14.8. The number of benzene rings is 1. The van der Waals surface area contributed by atoms with E-state index in [-0.39, 0.29) is 11.3 Å². The summed E-state index contributed by atoms with van der Waals surface area (Å²) in [5.41, 5.74) is 0.487. The Morgan fingerprint density at radius 1 is 1.43 bits per heavy atom. The van der Waals surface area contributed by atoms with Gasteiger partial charge in [-0.1, -0.05) is 6.92 Å². The van der Waals surface area contributed by atoms with E-state index >= 15 is 0 Å². The van der Waals surface area contributed by atoms with Gasteiger partial charge in [-0.25, -0.2) is 13.4 Å². The molecular weight excluding hydrogens is 327 g/mol. The van der Waals surface area contributed by atoms with Gasteiger partial charge in [0.05, 0.1) is 5.69 Å². The Balaban J connectivity index is 2.15. The Labute approximate surface area is 131 Å². The highest BCUT2D eigenvalue weighted by molar-refractivity contribution is 7.92. The monoisotopic (exact) mass is 340 g/mol. The number of halogens is 1. The third kappa shape index (κ3) is 2.50. The van der Waals surface area contributed by atoms with Crippen molar-refractivity contribution in [1.29, 1.82) is 0 Å². The smallest absolute Gasteiger partial charge is 0.326 e. The molecule has 122 valence electrons. The molecular formula is C13H13FN4O4S. The molecule has 23 heavy (non-hydrogen) atoms. The first kappa shape index (κ1) is 15.3. The predicted molar refractivity (Wildman–Crippen MR) is 79.4 cm³/mol. The van der Waals surface area contributed by atoms with Crippen molar-refractivity contribution in [2.45, 2.75) is 13.3 Å². The van der Waals surface area contributed by atoms with Crippen LogP contribution < -0.4 is 9.03 Å². The van der Waals surface area contributed by atoms with Crippen molar-refractivity contribution in [1.82, 2.24) is 14.9 Å². The third-order valence-electron chi connectivity index (χ3n) is 3.45. The molecule has 1 aliphatic heterocycles. The second-order valence-corrected chi connectivity index (χ2v) is 6.56. The number of aromatic nitrogens is 2. The molecule has 3 rings (SSSR count). The molecule has 0 unspecified atom stereocenters. The predicted octanol–water partition coefficient (Wildman–Crippen LogP) is 0.665. The number of anilines is 1. The largest absolute Gasteiger partial charge is 0.506 e. The molecule has 0 atom stereocenters. The number of hydrogen-bond donors (Lipinski definition) is 3. The van der Waals surface area contributed by atoms with Gasteiger partial charge in [0.1, 0.15) is 18.0 Å². The first-order valence-electron chi connectivity index (χ1n) is 6.73. The van der Waals surface area contributed by atoms with Gasteiger partial charge >= 0.3 is 10.2 Å². The molecule has 1 aliphatic rings. The molecule has 1 aromatic heterocycles. The average Bonchev–Trinajstić information content (AvgIpc) is 3.03. The second-order valence-electron chi connectivity index (χ2n) is 4.96. The molecule has 0 aliphatic carbocycles. The molecule has 0 spiro atoms. The summed E-state index contributed by atoms with van der Waals surface area (Å²) in [7, 11) is -4.23. The van der Waals surface area contributed by atoms with E-state index < -0.39 is 39.9 Å². The number of nitrogens with one attached hydrogen (secondary N) is 2. The summed E-state index contributed by atoms with van der Waals surface area (Å²) >= 11 is 0. The van der Waals surface area contributed by atoms with E-state index in [9.17, 15) is 22.7 Å². The quantitative estimate of drug-likeness (QED) is 0.759. The van der Waals surface area contributed by atoms with Gasteiger partial charge in [-0.3, -0.25) is 9.89 Å². The van der Waals surface area contributed by atoms with Crippen LogP contribution in [0.4, 0.5) is 10.1 Å². The van der Waals surface area contributed by atoms with E-state index in [2.05, 4.69) is 10.2 Å². The highest BCUT2D eigenvalue weighted by atomic mass is 32.2. The standard InChI is InChI=1S/C13H13FN4O4S/c1-2-7-5-9(16-15-7)8-3-4-10(19)13(12(8)14)18-6-11(20)17-23(18,21)22/h3-5,19H,2,6H2,1H3,(H,15,16)(H,17,20). The lowest BCUT2D eigenvalue weighted by Gasteiger charge is -2.18. The molecule has 1 fully saturated rings. The summed E-state index contributed by atoms with van der Waals surface area (Å²) in [4.78, 5) is 11.3. The van der Waals surface area contributed by atoms with Crippen LogP contribution in [0.25, 0.3) is 11.3 Å². The lowest BCUT2D eigenvalue weighted by atomic mass is 10.1. The fourth-order valence-corrected chi connectivity index (χ4v) is 3.48. The Morgan fingerprint density at radius 3 is 2.74 bits per heavy atom. The molecule has 10 heteroatoms. The third-order valence-corrected chi connectivity index (χ3v) is 4.83. The van der Waals surface area contributed by atoms with Gasteiger partial charge in [0, 0.05) is 11.3 Å². The molecule has 2 aromatic rings. The number of carbonyl (C=O) groups excluding carboxylic acids is 1. The number of phenols is 1. The van der Waals surface area contributed by atoms with Crippen LogP contribution in [0.3, 0.4) is 0 Å². The Hall–Kier alpha value is -2.62. The van der Waals surface area contributed by atoms with E-state index in [0.29, 0.717) is 10.7 Å². The summed E-state index contributed by atoms with van der Waals surface area (Å²) < 4.78 is 40.8. The fourth-order valence-electron chi connectivity index (χ4n) is 2.32. The first-order valence-corrected chi connectivity index (χ1v) is 8.17. The molecule has 0 bridgehead atoms. The van der Waals surface area contributed by atoms with E-state index in [1.165, 1.54) is 6.07 Å². The van der Waals surface area contributed by atoms with E-state index in [1.807, 2.05) is 6.92 Å². The SMILES string of the molecule is CCc1cc(-c2ccc(O)c(N3CC(=O)NS3(=O)=O)c2F)n[nH]1. The van der Waals surface area contributed by atoms with Crippen LogP contribution in [0.1, 0.15) is 12.6 Å². The highest BCUT2D eigenvalue weighted by Gasteiger charge is 2.38. The van der Waals surface area contributed by atoms with Crippen LogP contribution >= 0.6 is 0 Å². The summed E-state index contributed by atoms with van der Waals surface area (Å²) in [5.74, 6) is -2.36. The molecule has 1 amide bonds. The van der Waals surface area contributed by atoms with Gasteiger partial charge in [0.2, 0.25) is 0 Å². The topological polar surface area (TPSA) is 115 Å². The molecule has 3 N–H and O–H groups in total. The molecule has 1 aromatic carbocycles. The lowest BCUT2D eigenvalue weighted by molar-refractivity contribution is -0.117. The van der Waals surface area contributed by atoms with Crippen LogP contribution in [0.15, 0.2) is 18.2 Å². The second kappa shape index (κ2) is 5.23. The summed E-state index contributed by atoms with van der Waals surface area (Å²) in [6, 6.07) is 4.08. The summed E-state index contributed by atoms with van der Waals surface area (Å²) in [6.45, 7) is 1.29. The number of H-pyrrole nitrogens is 1. The highest BCUT2D eigenvalue weighted by Crippen LogP contribution is 2.38. The minimum Gasteiger partial charge on any atom is -0.506 e. The molecule has 2 heterocycles. The molecule has 8 nitrogen and oxygen atoms in total. The van der Waals surface area contributed by atoms with Gasteiger partial charge in [-0.2, -0.15) is 13.5 Å². The summed E-state index contributed by atoms with van der Waals surface area (Å²) in [6.07, 6.45) is 0.665. The van der Waals surface area contributed by atoms with Crippen molar-refractivity contribution in [2.24, 2.45) is 0 Å². The minimum atomic E-state index is -4.23. The number of hydrogen-bond acceptors (Lipinski definition) is 5. The van der Waals surface area contributed by atoms with Crippen molar-refractivity contribution in [3.05, 3.63) is 29.7 Å². The van der Waals surface area contributed by atoms with Gasteiger partial charge in [-0.05, 0) is 24.6 Å². The summed E-state index contributed by atoms with van der Waals surface area (Å²) in [5, 5.41) is 16.6. The van der Waals surface area contributed by atoms with Crippen LogP contribution in [0, 0.1) is 5.82 Å². The van der Waals surface area contributed by atoms with Gasteiger partial charge in [0.25, 0.3) is 5.91 Å². The number of carbonyl (C=O) groups is 1. The maximum atomic E-state index is 14.8. The lowest BCUT2D eigenvalue weighted by Crippen LogP contribution is -2.30. The number of phenolic OH excluding ortho intramolecular Hbond substituents is 1. The fraction of sp³-hybridized carbons (Fsp3) is 0.231. The number of aryl methyl sites for hydroxylation is 1. The van der Waals surface area contributed by atoms with Crippen molar-refractivity contribution < 1.29 is 22.7 Å². The first-order chi connectivity index (χ1) is 10.8. The molecule has 0 saturated carbocycles. The van der Waals surface area contributed by atoms with Gasteiger partial charge in [0.15, 0.2) is 5.82 Å². The minimum absolute atomic E-state index is 0.0169. The van der Waals surface area contributed by atoms with Crippen molar-refractivity contribution in [3.63, 3.8) is 0 Å². The Bertz CT molecular complexity index is 893. The normalized spacial score (nSPS) is 16.6. The zero-order valence-electron chi connectivity index (χ0n) is 12.0. The van der Waals surface area contributed by atoms with Crippen LogP contribution in [-0.2, 0) is 21.4 Å². The van der Waals surface area contributed by atoms with Crippen molar-refractivity contribution in [3.8, 4) is 17.0 Å². The van der Waals surface area contributed by atoms with Gasteiger partial charge in [-0.15, -0.1) is 0 Å². The van der Waals surface area contributed by atoms with Crippen LogP contribution in [0.2, 0.25) is 0 Å². The van der Waals surface area contributed by atoms with Crippen molar-refractivity contribution >= 4 is 21.8 Å². The van der Waals surface area contributed by atoms with Crippen LogP contribution in [0.5, 0.6) is 5.75 Å². The zero-order valence-corrected chi connectivity index (χ0v) is 12.8. The number of rotatable bonds is 3. The number of aromatic hydroxyl groups is 1. The Kier molecular flexibility index (Phi) is 3.48. The van der Waals surface area contributed by atoms with E-state index in [1.54, 1.807) is 10.8 Å². The number of aromatic amines is 1. The van der Waals surface area contributed by atoms with Gasteiger partial charge < -0.3 is 5.11 Å². The average molecular weight is 340 g/mol. The van der Waals surface area contributed by atoms with Crippen molar-refractivity contribution in [2.75, 3.05) is 10.8 Å². The Morgan fingerprint density at radius 2 is 2.17 bits per heavy atom. The maximum Gasteiger partial charge on any atom is 0.326 e. The van der Waals surface area contributed by atoms with E-state index in [0.717, 1.165) is 11.8 Å².